The van der Waals surface area contributed by atoms with Gasteiger partial charge in [0, 0.05) is 38.4 Å². The minimum absolute atomic E-state index is 0.606. The normalized spacial score (nSPS) is 14.7. The van der Waals surface area contributed by atoms with Gasteiger partial charge in [0.15, 0.2) is 11.6 Å². The highest BCUT2D eigenvalue weighted by atomic mass is 15.3. The predicted molar refractivity (Wildman–Crippen MR) is 119 cm³/mol. The number of anilines is 4. The van der Waals surface area contributed by atoms with Crippen molar-refractivity contribution in [2.45, 2.75) is 19.9 Å². The van der Waals surface area contributed by atoms with Crippen molar-refractivity contribution in [3.05, 3.63) is 72.1 Å². The van der Waals surface area contributed by atoms with Crippen LogP contribution in [0.1, 0.15) is 18.1 Å². The molecule has 0 aliphatic carbocycles. The molecule has 0 atom stereocenters. The molecule has 0 saturated carbocycles. The Balaban J connectivity index is 1.44. The number of hydrogen-bond acceptors (Lipinski definition) is 6. The Morgan fingerprint density at radius 3 is 2.41 bits per heavy atom. The van der Waals surface area contributed by atoms with E-state index in [0.29, 0.717) is 11.5 Å². The summed E-state index contributed by atoms with van der Waals surface area (Å²) in [6.07, 6.45) is 2.54. The van der Waals surface area contributed by atoms with Gasteiger partial charge in [-0.05, 0) is 23.6 Å². The van der Waals surface area contributed by atoms with Crippen LogP contribution in [-0.4, -0.2) is 41.0 Å². The number of aryl methyl sites for hydroxylation is 1. The molecule has 2 heterocycles. The number of hydrogen-bond donors (Lipinski definition) is 2. The zero-order chi connectivity index (χ0) is 20.1. The van der Waals surface area contributed by atoms with Crippen LogP contribution in [-0.2, 0) is 13.0 Å². The number of piperazine rings is 1. The van der Waals surface area contributed by atoms with E-state index >= 15 is 0 Å². The molecule has 150 valence electrons. The average Bonchev–Trinajstić information content (AvgIpc) is 2.77. The first kappa shape index (κ1) is 19.2. The lowest BCUT2D eigenvalue weighted by atomic mass is 10.1. The summed E-state index contributed by atoms with van der Waals surface area (Å²) in [4.78, 5) is 13.6. The minimum Gasteiger partial charge on any atom is -0.393 e. The van der Waals surface area contributed by atoms with E-state index in [1.807, 2.05) is 12.1 Å². The summed E-state index contributed by atoms with van der Waals surface area (Å²) in [5.41, 5.74) is 10.7. The molecule has 3 aromatic rings. The van der Waals surface area contributed by atoms with E-state index < -0.39 is 0 Å². The molecule has 0 radical (unpaired) electrons. The van der Waals surface area contributed by atoms with Crippen molar-refractivity contribution in [2.24, 2.45) is 0 Å². The molecular weight excluding hydrogens is 360 g/mol. The van der Waals surface area contributed by atoms with Crippen molar-refractivity contribution in [3.8, 4) is 0 Å². The Kier molecular flexibility index (Phi) is 5.91. The number of benzene rings is 2. The average molecular weight is 389 g/mol. The zero-order valence-corrected chi connectivity index (χ0v) is 16.9. The Morgan fingerprint density at radius 1 is 0.931 bits per heavy atom. The smallest absolute Gasteiger partial charge is 0.159 e. The molecule has 0 unspecified atom stereocenters. The number of para-hydroxylation sites is 1. The van der Waals surface area contributed by atoms with Crippen LogP contribution < -0.4 is 16.0 Å². The molecule has 1 aromatic heterocycles. The molecule has 0 amide bonds. The van der Waals surface area contributed by atoms with Gasteiger partial charge in [-0.1, -0.05) is 55.5 Å². The molecule has 6 nitrogen and oxygen atoms in total. The standard InChI is InChI=1S/C23H28N6/c1-2-19-10-6-7-11-20(19)27-22-21(24)23(26-17-25-22)29-14-12-28(13-15-29)16-18-8-4-3-5-9-18/h3-11,17H,2,12-16,24H2,1H3,(H,25,26,27). The van der Waals surface area contributed by atoms with Crippen LogP contribution >= 0.6 is 0 Å². The maximum Gasteiger partial charge on any atom is 0.159 e. The van der Waals surface area contributed by atoms with Crippen molar-refractivity contribution in [1.29, 1.82) is 0 Å². The van der Waals surface area contributed by atoms with Gasteiger partial charge in [-0.3, -0.25) is 4.90 Å². The molecule has 1 aliphatic heterocycles. The van der Waals surface area contributed by atoms with Crippen LogP contribution in [0.5, 0.6) is 0 Å². The third-order valence-electron chi connectivity index (χ3n) is 5.44. The Morgan fingerprint density at radius 2 is 1.66 bits per heavy atom. The molecule has 6 heteroatoms. The molecule has 4 rings (SSSR count). The Labute approximate surface area is 172 Å². The number of nitrogens with zero attached hydrogens (tertiary/aromatic N) is 4. The lowest BCUT2D eigenvalue weighted by molar-refractivity contribution is 0.249. The number of nitrogens with two attached hydrogens (primary N) is 1. The van der Waals surface area contributed by atoms with E-state index in [4.69, 9.17) is 5.73 Å². The second-order valence-corrected chi connectivity index (χ2v) is 7.34. The molecule has 1 saturated heterocycles. The number of nitrogens with one attached hydrogen (secondary N) is 1. The number of aromatic nitrogens is 2. The van der Waals surface area contributed by atoms with Crippen molar-refractivity contribution in [3.63, 3.8) is 0 Å². The highest BCUT2D eigenvalue weighted by Crippen LogP contribution is 2.30. The van der Waals surface area contributed by atoms with Crippen LogP contribution in [0.15, 0.2) is 60.9 Å². The Bertz CT molecular complexity index is 935. The van der Waals surface area contributed by atoms with Gasteiger partial charge < -0.3 is 16.0 Å². The van der Waals surface area contributed by atoms with Gasteiger partial charge in [-0.25, -0.2) is 9.97 Å². The van der Waals surface area contributed by atoms with Gasteiger partial charge in [-0.15, -0.1) is 0 Å². The molecule has 0 spiro atoms. The lowest BCUT2D eigenvalue weighted by Gasteiger charge is -2.36. The largest absolute Gasteiger partial charge is 0.393 e. The molecule has 2 aromatic carbocycles. The van der Waals surface area contributed by atoms with Crippen molar-refractivity contribution in [1.82, 2.24) is 14.9 Å². The summed E-state index contributed by atoms with van der Waals surface area (Å²) in [5.74, 6) is 1.48. The molecule has 29 heavy (non-hydrogen) atoms. The van der Waals surface area contributed by atoms with E-state index in [1.165, 1.54) is 11.1 Å². The molecule has 1 fully saturated rings. The highest BCUT2D eigenvalue weighted by molar-refractivity contribution is 5.79. The molecule has 0 bridgehead atoms. The van der Waals surface area contributed by atoms with Gasteiger partial charge in [0.05, 0.1) is 0 Å². The zero-order valence-electron chi connectivity index (χ0n) is 16.9. The quantitative estimate of drug-likeness (QED) is 0.671. The summed E-state index contributed by atoms with van der Waals surface area (Å²) in [7, 11) is 0. The molecular formula is C23H28N6. The molecule has 3 N–H and O–H groups in total. The van der Waals surface area contributed by atoms with E-state index in [-0.39, 0.29) is 0 Å². The monoisotopic (exact) mass is 388 g/mol. The number of nitrogen functional groups attached to an aromatic ring is 1. The topological polar surface area (TPSA) is 70.3 Å². The van der Waals surface area contributed by atoms with Gasteiger partial charge in [0.1, 0.15) is 12.0 Å². The van der Waals surface area contributed by atoms with Crippen molar-refractivity contribution >= 4 is 23.0 Å². The van der Waals surface area contributed by atoms with E-state index in [2.05, 4.69) is 74.5 Å². The third kappa shape index (κ3) is 4.49. The first-order chi connectivity index (χ1) is 14.2. The summed E-state index contributed by atoms with van der Waals surface area (Å²) >= 11 is 0. The van der Waals surface area contributed by atoms with Gasteiger partial charge in [-0.2, -0.15) is 0 Å². The van der Waals surface area contributed by atoms with E-state index in [1.54, 1.807) is 6.33 Å². The van der Waals surface area contributed by atoms with Gasteiger partial charge in [0.25, 0.3) is 0 Å². The molecule has 1 aliphatic rings. The summed E-state index contributed by atoms with van der Waals surface area (Å²) in [5, 5.41) is 3.40. The van der Waals surface area contributed by atoms with E-state index in [0.717, 1.165) is 50.6 Å². The van der Waals surface area contributed by atoms with Crippen LogP contribution in [0.2, 0.25) is 0 Å². The third-order valence-corrected chi connectivity index (χ3v) is 5.44. The Hall–Kier alpha value is -3.12. The van der Waals surface area contributed by atoms with Crippen molar-refractivity contribution < 1.29 is 0 Å². The first-order valence-electron chi connectivity index (χ1n) is 10.2. The minimum atomic E-state index is 0.606. The first-order valence-corrected chi connectivity index (χ1v) is 10.2. The predicted octanol–water partition coefficient (Wildman–Crippen LogP) is 3.69. The fourth-order valence-corrected chi connectivity index (χ4v) is 3.78. The van der Waals surface area contributed by atoms with Crippen LogP contribution in [0.3, 0.4) is 0 Å². The van der Waals surface area contributed by atoms with Crippen LogP contribution in [0, 0.1) is 0 Å². The maximum atomic E-state index is 6.47. The fraction of sp³-hybridized carbons (Fsp3) is 0.304. The summed E-state index contributed by atoms with van der Waals surface area (Å²) in [6, 6.07) is 18.9. The number of rotatable bonds is 6. The summed E-state index contributed by atoms with van der Waals surface area (Å²) in [6.45, 7) is 6.90. The highest BCUT2D eigenvalue weighted by Gasteiger charge is 2.21. The van der Waals surface area contributed by atoms with E-state index in [9.17, 15) is 0 Å². The van der Waals surface area contributed by atoms with Gasteiger partial charge >= 0.3 is 0 Å². The van der Waals surface area contributed by atoms with Crippen LogP contribution in [0.25, 0.3) is 0 Å². The second kappa shape index (κ2) is 8.92. The second-order valence-electron chi connectivity index (χ2n) is 7.34. The maximum absolute atomic E-state index is 6.47. The SMILES string of the molecule is CCc1ccccc1Nc1ncnc(N2CCN(Cc3ccccc3)CC2)c1N. The van der Waals surface area contributed by atoms with Crippen LogP contribution in [0.4, 0.5) is 23.0 Å². The summed E-state index contributed by atoms with van der Waals surface area (Å²) < 4.78 is 0. The van der Waals surface area contributed by atoms with Crippen molar-refractivity contribution in [2.75, 3.05) is 42.1 Å². The fourth-order valence-electron chi connectivity index (χ4n) is 3.78. The van der Waals surface area contributed by atoms with Gasteiger partial charge in [0.2, 0.25) is 0 Å². The lowest BCUT2D eigenvalue weighted by Crippen LogP contribution is -2.46.